The minimum absolute atomic E-state index is 0.0617. The molecular weight excluding hydrogens is 289 g/mol. The van der Waals surface area contributed by atoms with Crippen LogP contribution in [0.1, 0.15) is 31.7 Å². The van der Waals surface area contributed by atoms with Crippen molar-refractivity contribution in [3.05, 3.63) is 28.8 Å². The van der Waals surface area contributed by atoms with Crippen LogP contribution in [0, 0.1) is 0 Å². The number of alkyl halides is 3. The van der Waals surface area contributed by atoms with Gasteiger partial charge in [-0.25, -0.2) is 0 Å². The van der Waals surface area contributed by atoms with Gasteiger partial charge in [0.1, 0.15) is 0 Å². The van der Waals surface area contributed by atoms with E-state index in [9.17, 15) is 13.2 Å². The third-order valence-electron chi connectivity index (χ3n) is 3.50. The topological polar surface area (TPSA) is 24.1 Å². The molecule has 0 spiro atoms. The predicted molar refractivity (Wildman–Crippen MR) is 75.2 cm³/mol. The molecule has 1 aliphatic rings. The van der Waals surface area contributed by atoms with Gasteiger partial charge in [-0.05, 0) is 50.9 Å². The normalized spacial score (nSPS) is 20.9. The van der Waals surface area contributed by atoms with Crippen molar-refractivity contribution >= 4 is 17.3 Å². The number of rotatable bonds is 4. The molecule has 1 aromatic rings. The van der Waals surface area contributed by atoms with Gasteiger partial charge in [-0.1, -0.05) is 11.6 Å². The Morgan fingerprint density at radius 1 is 1.45 bits per heavy atom. The number of nitrogens with one attached hydrogen (secondary N) is 2. The van der Waals surface area contributed by atoms with E-state index in [1.165, 1.54) is 6.07 Å². The first kappa shape index (κ1) is 15.4. The lowest BCUT2D eigenvalue weighted by molar-refractivity contribution is -0.137. The molecule has 2 nitrogen and oxygen atoms in total. The Labute approximate surface area is 121 Å². The van der Waals surface area contributed by atoms with Crippen LogP contribution in [-0.2, 0) is 6.18 Å². The van der Waals surface area contributed by atoms with Crippen LogP contribution >= 0.6 is 11.6 Å². The van der Waals surface area contributed by atoms with E-state index in [0.717, 1.165) is 37.9 Å². The molecule has 0 aromatic heterocycles. The van der Waals surface area contributed by atoms with E-state index in [0.29, 0.717) is 16.8 Å². The third-order valence-corrected chi connectivity index (χ3v) is 3.83. The molecule has 0 bridgehead atoms. The minimum Gasteiger partial charge on any atom is -0.381 e. The van der Waals surface area contributed by atoms with Gasteiger partial charge in [0.05, 0.1) is 16.3 Å². The van der Waals surface area contributed by atoms with E-state index in [2.05, 4.69) is 10.6 Å². The van der Waals surface area contributed by atoms with Gasteiger partial charge in [0, 0.05) is 12.1 Å². The maximum atomic E-state index is 12.7. The maximum absolute atomic E-state index is 12.7. The fourth-order valence-corrected chi connectivity index (χ4v) is 2.69. The van der Waals surface area contributed by atoms with Crippen LogP contribution in [0.5, 0.6) is 0 Å². The minimum atomic E-state index is -4.35. The Bertz CT molecular complexity index is 456. The summed E-state index contributed by atoms with van der Waals surface area (Å²) in [6.45, 7) is 2.97. The molecule has 2 rings (SSSR count). The SMILES string of the molecule is CC(CC1CCCN1)Nc1cc(C(F)(F)F)ccc1Cl. The molecule has 1 heterocycles. The molecule has 2 N–H and O–H groups in total. The standard InChI is InChI=1S/C14H18ClF3N2/c1-9(7-11-3-2-6-19-11)20-13-8-10(14(16,17)18)4-5-12(13)15/h4-5,8-9,11,19-20H,2-3,6-7H2,1H3. The molecule has 0 saturated carbocycles. The summed E-state index contributed by atoms with van der Waals surface area (Å²) in [5.74, 6) is 0. The Kier molecular flexibility index (Phi) is 4.81. The quantitative estimate of drug-likeness (QED) is 0.866. The molecule has 6 heteroatoms. The number of halogens is 4. The molecule has 0 aliphatic carbocycles. The monoisotopic (exact) mass is 306 g/mol. The van der Waals surface area contributed by atoms with E-state index in [1.807, 2.05) is 6.92 Å². The van der Waals surface area contributed by atoms with Crippen LogP contribution in [-0.4, -0.2) is 18.6 Å². The predicted octanol–water partition coefficient (Wildman–Crippen LogP) is 4.30. The average Bonchev–Trinajstić information content (AvgIpc) is 2.83. The van der Waals surface area contributed by atoms with E-state index in [-0.39, 0.29) is 6.04 Å². The summed E-state index contributed by atoms with van der Waals surface area (Å²) in [5.41, 5.74) is -0.345. The Hall–Kier alpha value is -0.940. The Morgan fingerprint density at radius 3 is 2.80 bits per heavy atom. The smallest absolute Gasteiger partial charge is 0.381 e. The van der Waals surface area contributed by atoms with E-state index >= 15 is 0 Å². The molecular formula is C14H18ClF3N2. The van der Waals surface area contributed by atoms with Crippen LogP contribution < -0.4 is 10.6 Å². The van der Waals surface area contributed by atoms with Crippen molar-refractivity contribution in [2.75, 3.05) is 11.9 Å². The highest BCUT2D eigenvalue weighted by molar-refractivity contribution is 6.33. The first-order chi connectivity index (χ1) is 9.36. The first-order valence-corrected chi connectivity index (χ1v) is 7.10. The number of anilines is 1. The molecule has 1 aliphatic heterocycles. The zero-order valence-corrected chi connectivity index (χ0v) is 12.0. The Balaban J connectivity index is 2.03. The van der Waals surface area contributed by atoms with Crippen LogP contribution in [0.4, 0.5) is 18.9 Å². The summed E-state index contributed by atoms with van der Waals surface area (Å²) in [7, 11) is 0. The van der Waals surface area contributed by atoms with Crippen molar-refractivity contribution in [3.63, 3.8) is 0 Å². The van der Waals surface area contributed by atoms with Crippen LogP contribution in [0.3, 0.4) is 0 Å². The van der Waals surface area contributed by atoms with Crippen molar-refractivity contribution in [1.29, 1.82) is 0 Å². The molecule has 20 heavy (non-hydrogen) atoms. The highest BCUT2D eigenvalue weighted by atomic mass is 35.5. The number of benzene rings is 1. The molecule has 1 saturated heterocycles. The fraction of sp³-hybridized carbons (Fsp3) is 0.571. The second-order valence-corrected chi connectivity index (χ2v) is 5.67. The van der Waals surface area contributed by atoms with Gasteiger partial charge in [-0.3, -0.25) is 0 Å². The molecule has 0 radical (unpaired) electrons. The molecule has 1 aromatic carbocycles. The summed E-state index contributed by atoms with van der Waals surface area (Å²) >= 11 is 5.96. The molecule has 2 unspecified atom stereocenters. The highest BCUT2D eigenvalue weighted by Crippen LogP contribution is 2.34. The Morgan fingerprint density at radius 2 is 2.20 bits per heavy atom. The van der Waals surface area contributed by atoms with Gasteiger partial charge in [0.15, 0.2) is 0 Å². The van der Waals surface area contributed by atoms with E-state index in [4.69, 9.17) is 11.6 Å². The highest BCUT2D eigenvalue weighted by Gasteiger charge is 2.31. The maximum Gasteiger partial charge on any atom is 0.416 e. The van der Waals surface area contributed by atoms with E-state index in [1.54, 1.807) is 0 Å². The van der Waals surface area contributed by atoms with Gasteiger partial charge >= 0.3 is 6.18 Å². The summed E-state index contributed by atoms with van der Waals surface area (Å²) in [6, 6.07) is 3.85. The first-order valence-electron chi connectivity index (χ1n) is 6.73. The van der Waals surface area contributed by atoms with E-state index < -0.39 is 11.7 Å². The van der Waals surface area contributed by atoms with Crippen molar-refractivity contribution in [2.24, 2.45) is 0 Å². The van der Waals surface area contributed by atoms with Crippen molar-refractivity contribution in [1.82, 2.24) is 5.32 Å². The van der Waals surface area contributed by atoms with Gasteiger partial charge in [-0.15, -0.1) is 0 Å². The van der Waals surface area contributed by atoms with Crippen LogP contribution in [0.2, 0.25) is 5.02 Å². The lowest BCUT2D eigenvalue weighted by Crippen LogP contribution is -2.29. The zero-order valence-electron chi connectivity index (χ0n) is 11.2. The summed E-state index contributed by atoms with van der Waals surface area (Å²) in [4.78, 5) is 0. The van der Waals surface area contributed by atoms with Gasteiger partial charge in [0.25, 0.3) is 0 Å². The number of hydrogen-bond donors (Lipinski definition) is 2. The van der Waals surface area contributed by atoms with Gasteiger partial charge < -0.3 is 10.6 Å². The number of hydrogen-bond acceptors (Lipinski definition) is 2. The largest absolute Gasteiger partial charge is 0.416 e. The summed E-state index contributed by atoms with van der Waals surface area (Å²) in [6.07, 6.45) is -1.21. The van der Waals surface area contributed by atoms with Crippen LogP contribution in [0.15, 0.2) is 18.2 Å². The summed E-state index contributed by atoms with van der Waals surface area (Å²) < 4.78 is 38.1. The second kappa shape index (κ2) is 6.22. The van der Waals surface area contributed by atoms with Crippen molar-refractivity contribution < 1.29 is 13.2 Å². The van der Waals surface area contributed by atoms with Crippen molar-refractivity contribution in [3.8, 4) is 0 Å². The fourth-order valence-electron chi connectivity index (χ4n) is 2.52. The van der Waals surface area contributed by atoms with Crippen molar-refractivity contribution in [2.45, 2.75) is 44.4 Å². The average molecular weight is 307 g/mol. The van der Waals surface area contributed by atoms with Crippen LogP contribution in [0.25, 0.3) is 0 Å². The molecule has 0 amide bonds. The second-order valence-electron chi connectivity index (χ2n) is 5.27. The van der Waals surface area contributed by atoms with Gasteiger partial charge in [-0.2, -0.15) is 13.2 Å². The molecule has 1 fully saturated rings. The lowest BCUT2D eigenvalue weighted by atomic mass is 10.1. The summed E-state index contributed by atoms with van der Waals surface area (Å²) in [5, 5.41) is 6.76. The molecule has 112 valence electrons. The van der Waals surface area contributed by atoms with Gasteiger partial charge in [0.2, 0.25) is 0 Å². The molecule has 2 atom stereocenters. The third kappa shape index (κ3) is 4.03. The lowest BCUT2D eigenvalue weighted by Gasteiger charge is -2.21. The zero-order chi connectivity index (χ0) is 14.8.